The maximum absolute atomic E-state index is 12.0. The molecule has 2 heterocycles. The molecule has 0 spiro atoms. The van der Waals surface area contributed by atoms with Gasteiger partial charge in [-0.15, -0.1) is 0 Å². The van der Waals surface area contributed by atoms with Crippen molar-refractivity contribution in [2.24, 2.45) is 5.73 Å². The van der Waals surface area contributed by atoms with Crippen molar-refractivity contribution >= 4 is 17.5 Å². The van der Waals surface area contributed by atoms with Crippen LogP contribution in [0.5, 0.6) is 0 Å². The van der Waals surface area contributed by atoms with Crippen molar-refractivity contribution in [1.29, 1.82) is 0 Å². The molecule has 2 rings (SSSR count). The number of hydrogen-bond donors (Lipinski definition) is 1. The van der Waals surface area contributed by atoms with Gasteiger partial charge >= 0.3 is 0 Å². The predicted molar refractivity (Wildman–Crippen MR) is 58.4 cm³/mol. The first-order valence-electron chi connectivity index (χ1n) is 5.07. The van der Waals surface area contributed by atoms with Crippen LogP contribution < -0.4 is 5.73 Å². The van der Waals surface area contributed by atoms with E-state index in [1.54, 1.807) is 17.0 Å². The molecule has 88 valence electrons. The summed E-state index contributed by atoms with van der Waals surface area (Å²) in [4.78, 5) is 13.6. The molecule has 0 aromatic carbocycles. The van der Waals surface area contributed by atoms with Gasteiger partial charge in [-0.25, -0.2) is 0 Å². The van der Waals surface area contributed by atoms with Crippen LogP contribution in [-0.4, -0.2) is 43.2 Å². The number of morpholine rings is 1. The molecule has 0 saturated carbocycles. The molecular weight excluding hydrogens is 232 g/mol. The highest BCUT2D eigenvalue weighted by Crippen LogP contribution is 2.16. The summed E-state index contributed by atoms with van der Waals surface area (Å²) in [5.41, 5.74) is 5.50. The average molecular weight is 245 g/mol. The van der Waals surface area contributed by atoms with E-state index in [1.165, 1.54) is 0 Å². The fraction of sp³-hybridized carbons (Fsp3) is 0.500. The van der Waals surface area contributed by atoms with E-state index in [-0.39, 0.29) is 23.0 Å². The summed E-state index contributed by atoms with van der Waals surface area (Å²) >= 11 is 5.62. The maximum atomic E-state index is 12.0. The number of hydrogen-bond acceptors (Lipinski definition) is 4. The summed E-state index contributed by atoms with van der Waals surface area (Å²) in [7, 11) is 0. The third-order valence-corrected chi connectivity index (χ3v) is 2.68. The van der Waals surface area contributed by atoms with Crippen LogP contribution in [0.2, 0.25) is 5.22 Å². The molecule has 0 bridgehead atoms. The van der Waals surface area contributed by atoms with E-state index in [2.05, 4.69) is 0 Å². The SMILES string of the molecule is NCC1CN(C(=O)c2ccc(Cl)o2)CCO1. The van der Waals surface area contributed by atoms with Crippen LogP contribution in [0.15, 0.2) is 16.5 Å². The summed E-state index contributed by atoms with van der Waals surface area (Å²) in [6, 6.07) is 3.12. The van der Waals surface area contributed by atoms with Crippen molar-refractivity contribution in [1.82, 2.24) is 4.90 Å². The van der Waals surface area contributed by atoms with Crippen LogP contribution in [0, 0.1) is 0 Å². The van der Waals surface area contributed by atoms with E-state index in [4.69, 9.17) is 26.5 Å². The van der Waals surface area contributed by atoms with Gasteiger partial charge < -0.3 is 19.8 Å². The number of ether oxygens (including phenoxy) is 1. The number of nitrogens with two attached hydrogens (primary N) is 1. The molecule has 6 heteroatoms. The van der Waals surface area contributed by atoms with E-state index in [0.717, 1.165) is 0 Å². The lowest BCUT2D eigenvalue weighted by Crippen LogP contribution is -2.48. The number of rotatable bonds is 2. The van der Waals surface area contributed by atoms with Crippen molar-refractivity contribution < 1.29 is 13.9 Å². The minimum atomic E-state index is -0.173. The Labute approximate surface area is 98.1 Å². The molecule has 1 unspecified atom stereocenters. The molecular formula is C10H13ClN2O3. The predicted octanol–water partition coefficient (Wildman–Crippen LogP) is 0.733. The minimum Gasteiger partial charge on any atom is -0.440 e. The Morgan fingerprint density at radius 2 is 2.44 bits per heavy atom. The molecule has 1 aromatic rings. The lowest BCUT2D eigenvalue weighted by atomic mass is 10.2. The summed E-state index contributed by atoms with van der Waals surface area (Å²) in [6.07, 6.45) is -0.0943. The highest BCUT2D eigenvalue weighted by Gasteiger charge is 2.25. The largest absolute Gasteiger partial charge is 0.440 e. The van der Waals surface area contributed by atoms with Crippen LogP contribution >= 0.6 is 11.6 Å². The first-order chi connectivity index (χ1) is 7.70. The fourth-order valence-corrected chi connectivity index (χ4v) is 1.78. The van der Waals surface area contributed by atoms with E-state index in [0.29, 0.717) is 26.2 Å². The van der Waals surface area contributed by atoms with Gasteiger partial charge in [0.15, 0.2) is 11.0 Å². The molecule has 2 N–H and O–H groups in total. The molecule has 1 atom stereocenters. The van der Waals surface area contributed by atoms with Crippen LogP contribution in [0.4, 0.5) is 0 Å². The Hall–Kier alpha value is -1.04. The van der Waals surface area contributed by atoms with E-state index in [1.807, 2.05) is 0 Å². The first kappa shape index (κ1) is 11.4. The molecule has 0 radical (unpaired) electrons. The van der Waals surface area contributed by atoms with Crippen molar-refractivity contribution in [3.8, 4) is 0 Å². The van der Waals surface area contributed by atoms with Gasteiger partial charge in [0.25, 0.3) is 5.91 Å². The fourth-order valence-electron chi connectivity index (χ4n) is 1.63. The quantitative estimate of drug-likeness (QED) is 0.833. The zero-order valence-corrected chi connectivity index (χ0v) is 9.44. The summed E-state index contributed by atoms with van der Waals surface area (Å²) < 4.78 is 10.4. The number of carbonyl (C=O) groups excluding carboxylic acids is 1. The molecule has 1 aromatic heterocycles. The first-order valence-corrected chi connectivity index (χ1v) is 5.45. The maximum Gasteiger partial charge on any atom is 0.289 e. The molecule has 1 aliphatic rings. The molecule has 1 fully saturated rings. The lowest BCUT2D eigenvalue weighted by Gasteiger charge is -2.31. The normalized spacial score (nSPS) is 21.1. The van der Waals surface area contributed by atoms with Crippen LogP contribution in [-0.2, 0) is 4.74 Å². The second-order valence-electron chi connectivity index (χ2n) is 3.58. The Morgan fingerprint density at radius 3 is 3.06 bits per heavy atom. The number of nitrogens with zero attached hydrogens (tertiary/aromatic N) is 1. The van der Waals surface area contributed by atoms with Crippen molar-refractivity contribution in [2.45, 2.75) is 6.10 Å². The highest BCUT2D eigenvalue weighted by molar-refractivity contribution is 6.29. The third-order valence-electron chi connectivity index (χ3n) is 2.47. The molecule has 1 amide bonds. The summed E-state index contributed by atoms with van der Waals surface area (Å²) in [5, 5.41) is 0.215. The second kappa shape index (κ2) is 4.86. The van der Waals surface area contributed by atoms with Gasteiger partial charge in [-0.2, -0.15) is 0 Å². The Kier molecular flexibility index (Phi) is 3.48. The van der Waals surface area contributed by atoms with Gasteiger partial charge in [0.05, 0.1) is 12.7 Å². The van der Waals surface area contributed by atoms with Crippen LogP contribution in [0.1, 0.15) is 10.6 Å². The van der Waals surface area contributed by atoms with Crippen LogP contribution in [0.25, 0.3) is 0 Å². The summed E-state index contributed by atoms with van der Waals surface area (Å²) in [6.45, 7) is 1.95. The Morgan fingerprint density at radius 1 is 1.62 bits per heavy atom. The molecule has 1 saturated heterocycles. The number of halogens is 1. The van der Waals surface area contributed by atoms with Gasteiger partial charge in [0, 0.05) is 19.6 Å². The Bertz CT molecular complexity index is 380. The van der Waals surface area contributed by atoms with E-state index >= 15 is 0 Å². The highest BCUT2D eigenvalue weighted by atomic mass is 35.5. The smallest absolute Gasteiger partial charge is 0.289 e. The minimum absolute atomic E-state index is 0.0943. The number of furan rings is 1. The third kappa shape index (κ3) is 2.37. The Balaban J connectivity index is 2.04. The van der Waals surface area contributed by atoms with Gasteiger partial charge in [-0.05, 0) is 23.7 Å². The zero-order valence-electron chi connectivity index (χ0n) is 8.69. The lowest BCUT2D eigenvalue weighted by molar-refractivity contribution is -0.0177. The number of amides is 1. The molecule has 0 aliphatic carbocycles. The second-order valence-corrected chi connectivity index (χ2v) is 3.96. The van der Waals surface area contributed by atoms with E-state index in [9.17, 15) is 4.79 Å². The van der Waals surface area contributed by atoms with Crippen molar-refractivity contribution in [3.05, 3.63) is 23.1 Å². The van der Waals surface area contributed by atoms with Gasteiger partial charge in [0.2, 0.25) is 0 Å². The monoisotopic (exact) mass is 244 g/mol. The molecule has 1 aliphatic heterocycles. The molecule has 16 heavy (non-hydrogen) atoms. The molecule has 5 nitrogen and oxygen atoms in total. The van der Waals surface area contributed by atoms with Gasteiger partial charge in [-0.3, -0.25) is 4.79 Å². The number of carbonyl (C=O) groups is 1. The van der Waals surface area contributed by atoms with Crippen LogP contribution in [0.3, 0.4) is 0 Å². The average Bonchev–Trinajstić information content (AvgIpc) is 2.75. The standard InChI is InChI=1S/C10H13ClN2O3/c11-9-2-1-8(16-9)10(14)13-3-4-15-7(5-12)6-13/h1-2,7H,3-6,12H2. The van der Waals surface area contributed by atoms with Crippen molar-refractivity contribution in [2.75, 3.05) is 26.2 Å². The van der Waals surface area contributed by atoms with Crippen molar-refractivity contribution in [3.63, 3.8) is 0 Å². The summed E-state index contributed by atoms with van der Waals surface area (Å²) in [5.74, 6) is 0.0799. The zero-order chi connectivity index (χ0) is 11.5. The van der Waals surface area contributed by atoms with E-state index < -0.39 is 0 Å². The topological polar surface area (TPSA) is 68.7 Å². The van der Waals surface area contributed by atoms with Gasteiger partial charge in [-0.1, -0.05) is 0 Å². The van der Waals surface area contributed by atoms with Gasteiger partial charge in [0.1, 0.15) is 0 Å².